The summed E-state index contributed by atoms with van der Waals surface area (Å²) in [5, 5.41) is 0.654. The van der Waals surface area contributed by atoms with Gasteiger partial charge in [-0.15, -0.1) is 0 Å². The van der Waals surface area contributed by atoms with Crippen LogP contribution in [0.25, 0.3) is 22.3 Å². The van der Waals surface area contributed by atoms with Gasteiger partial charge in [0.05, 0.1) is 5.39 Å². The second kappa shape index (κ2) is 6.94. The lowest BCUT2D eigenvalue weighted by Crippen LogP contribution is -2.27. The molecule has 0 amide bonds. The molecule has 0 N–H and O–H groups in total. The smallest absolute Gasteiger partial charge is 0.340 e. The van der Waals surface area contributed by atoms with Crippen molar-refractivity contribution in [2.45, 2.75) is 18.9 Å². The lowest BCUT2D eigenvalue weighted by molar-refractivity contribution is -0.144. The highest BCUT2D eigenvalue weighted by atomic mass is 35.5. The summed E-state index contributed by atoms with van der Waals surface area (Å²) in [4.78, 5) is 25.4. The molecule has 0 saturated carbocycles. The maximum atomic E-state index is 13.0. The Hall–Kier alpha value is -2.63. The van der Waals surface area contributed by atoms with Crippen molar-refractivity contribution in [2.75, 3.05) is 6.61 Å². The molecule has 1 atom stereocenters. The number of esters is 1. The van der Waals surface area contributed by atoms with E-state index in [1.54, 1.807) is 24.3 Å². The molecule has 2 aromatic carbocycles. The van der Waals surface area contributed by atoms with Crippen molar-refractivity contribution in [3.05, 3.63) is 63.8 Å². The molecule has 132 valence electrons. The molecule has 6 heteroatoms. The largest absolute Gasteiger partial charge is 0.452 e. The van der Waals surface area contributed by atoms with Crippen LogP contribution in [0, 0.1) is 0 Å². The van der Waals surface area contributed by atoms with Crippen LogP contribution in [0.3, 0.4) is 0 Å². The number of benzene rings is 2. The van der Waals surface area contributed by atoms with E-state index in [0.29, 0.717) is 29.2 Å². The first kappa shape index (κ1) is 16.8. The molecule has 0 spiro atoms. The monoisotopic (exact) mass is 370 g/mol. The number of hydrogen-bond acceptors (Lipinski definition) is 5. The van der Waals surface area contributed by atoms with E-state index in [1.165, 1.54) is 6.07 Å². The van der Waals surface area contributed by atoms with Gasteiger partial charge in [0.25, 0.3) is 0 Å². The Balaban J connectivity index is 1.88. The molecule has 1 aliphatic heterocycles. The molecular weight excluding hydrogens is 356 g/mol. The summed E-state index contributed by atoms with van der Waals surface area (Å²) in [6, 6.07) is 13.8. The van der Waals surface area contributed by atoms with Crippen molar-refractivity contribution in [1.29, 1.82) is 0 Å². The Bertz CT molecular complexity index is 1020. The fourth-order valence-electron chi connectivity index (χ4n) is 2.95. The minimum atomic E-state index is -0.659. The molecule has 0 aliphatic carbocycles. The highest BCUT2D eigenvalue weighted by Gasteiger charge is 2.28. The van der Waals surface area contributed by atoms with Crippen LogP contribution in [0.4, 0.5) is 0 Å². The number of hydrogen-bond donors (Lipinski definition) is 0. The van der Waals surface area contributed by atoms with Crippen molar-refractivity contribution in [3.8, 4) is 17.1 Å². The van der Waals surface area contributed by atoms with Crippen LogP contribution in [-0.2, 0) is 9.53 Å². The minimum Gasteiger partial charge on any atom is -0.452 e. The Morgan fingerprint density at radius 2 is 1.96 bits per heavy atom. The number of halogens is 1. The Kier molecular flexibility index (Phi) is 4.49. The van der Waals surface area contributed by atoms with Crippen molar-refractivity contribution in [3.63, 3.8) is 0 Å². The molecule has 1 aliphatic rings. The molecule has 0 bridgehead atoms. The summed E-state index contributed by atoms with van der Waals surface area (Å²) in [6.45, 7) is 0.507. The third-order valence-corrected chi connectivity index (χ3v) is 4.48. The average Bonchev–Trinajstić information content (AvgIpc) is 3.20. The highest BCUT2D eigenvalue weighted by molar-refractivity contribution is 6.31. The predicted octanol–water partition coefficient (Wildman–Crippen LogP) is 4.20. The number of ether oxygens (including phenoxy) is 2. The van der Waals surface area contributed by atoms with Crippen LogP contribution in [0.1, 0.15) is 12.8 Å². The molecule has 4 rings (SSSR count). The minimum absolute atomic E-state index is 0.147. The van der Waals surface area contributed by atoms with Crippen LogP contribution in [0.15, 0.2) is 57.7 Å². The first-order valence-electron chi connectivity index (χ1n) is 8.28. The summed E-state index contributed by atoms with van der Waals surface area (Å²) in [5.74, 6) is -0.531. The van der Waals surface area contributed by atoms with Crippen molar-refractivity contribution < 1.29 is 18.7 Å². The Morgan fingerprint density at radius 3 is 2.69 bits per heavy atom. The van der Waals surface area contributed by atoms with Crippen LogP contribution in [0.5, 0.6) is 5.75 Å². The third-order valence-electron chi connectivity index (χ3n) is 4.24. The molecule has 1 saturated heterocycles. The maximum Gasteiger partial charge on any atom is 0.340 e. The zero-order chi connectivity index (χ0) is 18.1. The van der Waals surface area contributed by atoms with Gasteiger partial charge >= 0.3 is 5.97 Å². The topological polar surface area (TPSA) is 65.7 Å². The molecule has 0 radical (unpaired) electrons. The van der Waals surface area contributed by atoms with Crippen LogP contribution < -0.4 is 10.2 Å². The van der Waals surface area contributed by atoms with E-state index in [-0.39, 0.29) is 16.9 Å². The molecule has 26 heavy (non-hydrogen) atoms. The number of carbonyl (C=O) groups excluding carboxylic acids is 1. The van der Waals surface area contributed by atoms with Gasteiger partial charge in [0.2, 0.25) is 11.2 Å². The average molecular weight is 371 g/mol. The summed E-state index contributed by atoms with van der Waals surface area (Å²) in [6.07, 6.45) is 0.699. The zero-order valence-electron chi connectivity index (χ0n) is 13.7. The van der Waals surface area contributed by atoms with Gasteiger partial charge in [0.15, 0.2) is 11.9 Å². The van der Waals surface area contributed by atoms with E-state index in [1.807, 2.05) is 18.2 Å². The van der Waals surface area contributed by atoms with Crippen LogP contribution in [-0.4, -0.2) is 18.7 Å². The number of fused-ring (bicyclic) bond motifs is 1. The van der Waals surface area contributed by atoms with Gasteiger partial charge in [-0.25, -0.2) is 4.79 Å². The summed E-state index contributed by atoms with van der Waals surface area (Å²) < 4.78 is 16.7. The Morgan fingerprint density at radius 1 is 1.15 bits per heavy atom. The lowest BCUT2D eigenvalue weighted by atomic mass is 10.1. The van der Waals surface area contributed by atoms with E-state index in [9.17, 15) is 9.59 Å². The van der Waals surface area contributed by atoms with Gasteiger partial charge in [0.1, 0.15) is 5.58 Å². The van der Waals surface area contributed by atoms with Crippen molar-refractivity contribution >= 4 is 28.5 Å². The van der Waals surface area contributed by atoms with Gasteiger partial charge in [-0.2, -0.15) is 0 Å². The molecule has 2 heterocycles. The van der Waals surface area contributed by atoms with E-state index in [2.05, 4.69) is 0 Å². The van der Waals surface area contributed by atoms with Crippen molar-refractivity contribution in [1.82, 2.24) is 0 Å². The zero-order valence-corrected chi connectivity index (χ0v) is 14.5. The molecule has 5 nitrogen and oxygen atoms in total. The second-order valence-corrected chi connectivity index (χ2v) is 6.46. The first-order chi connectivity index (χ1) is 12.6. The first-order valence-corrected chi connectivity index (χ1v) is 8.66. The fourth-order valence-corrected chi connectivity index (χ4v) is 3.12. The van der Waals surface area contributed by atoms with Gasteiger partial charge in [-0.3, -0.25) is 4.79 Å². The van der Waals surface area contributed by atoms with E-state index in [0.717, 1.165) is 6.42 Å². The summed E-state index contributed by atoms with van der Waals surface area (Å²) in [5.41, 5.74) is 0.561. The molecule has 1 aromatic heterocycles. The van der Waals surface area contributed by atoms with E-state index < -0.39 is 17.5 Å². The fraction of sp³-hybridized carbons (Fsp3) is 0.200. The van der Waals surface area contributed by atoms with Gasteiger partial charge in [-0.1, -0.05) is 41.9 Å². The molecule has 1 fully saturated rings. The number of carbonyl (C=O) groups is 1. The number of rotatable bonds is 3. The van der Waals surface area contributed by atoms with Gasteiger partial charge < -0.3 is 13.9 Å². The standard InChI is InChI=1S/C20H15ClO5/c21-13-8-9-15-14(11-13)17(22)19(26-20(23)16-7-4-10-24-16)18(25-15)12-5-2-1-3-6-12/h1-3,5-6,8-9,11,16H,4,7,10H2/t16-/m1/s1. The van der Waals surface area contributed by atoms with E-state index in [4.69, 9.17) is 25.5 Å². The van der Waals surface area contributed by atoms with Gasteiger partial charge in [-0.05, 0) is 31.0 Å². The maximum absolute atomic E-state index is 13.0. The molecular formula is C20H15ClO5. The third kappa shape index (κ3) is 3.11. The molecule has 0 unspecified atom stereocenters. The SMILES string of the molecule is O=C(Oc1c(-c2ccccc2)oc2ccc(Cl)cc2c1=O)[C@H]1CCCO1. The quantitative estimate of drug-likeness (QED) is 0.646. The normalized spacial score (nSPS) is 16.7. The van der Waals surface area contributed by atoms with Crippen LogP contribution in [0.2, 0.25) is 5.02 Å². The van der Waals surface area contributed by atoms with Crippen LogP contribution >= 0.6 is 11.6 Å². The van der Waals surface area contributed by atoms with E-state index >= 15 is 0 Å². The lowest BCUT2D eigenvalue weighted by Gasteiger charge is -2.13. The predicted molar refractivity (Wildman–Crippen MR) is 97.5 cm³/mol. The summed E-state index contributed by atoms with van der Waals surface area (Å²) >= 11 is 6.00. The van der Waals surface area contributed by atoms with Gasteiger partial charge in [0, 0.05) is 17.2 Å². The highest BCUT2D eigenvalue weighted by Crippen LogP contribution is 2.32. The second-order valence-electron chi connectivity index (χ2n) is 6.02. The Labute approximate surface area is 154 Å². The summed E-state index contributed by atoms with van der Waals surface area (Å²) in [7, 11) is 0. The van der Waals surface area contributed by atoms with Crippen molar-refractivity contribution in [2.24, 2.45) is 0 Å². The molecule has 3 aromatic rings.